The molecule has 2 aliphatic carbocycles. The third kappa shape index (κ3) is 5.81. The number of hydrogen-bond donors (Lipinski definition) is 3. The second-order valence-corrected chi connectivity index (χ2v) is 9.92. The number of fused-ring (bicyclic) bond motifs is 1. The minimum atomic E-state index is -0.904. The molecule has 0 aromatic carbocycles. The number of anilines is 1. The van der Waals surface area contributed by atoms with E-state index < -0.39 is 5.97 Å². The van der Waals surface area contributed by atoms with Crippen LogP contribution in [0.2, 0.25) is 0 Å². The molecule has 2 amide bonds. The van der Waals surface area contributed by atoms with Gasteiger partial charge < -0.3 is 15.7 Å². The zero-order chi connectivity index (χ0) is 21.0. The molecule has 2 atom stereocenters. The quantitative estimate of drug-likeness (QED) is 0.610. The van der Waals surface area contributed by atoms with Crippen molar-refractivity contribution in [3.05, 3.63) is 16.0 Å². The number of carboxylic acids is 1. The van der Waals surface area contributed by atoms with Crippen molar-refractivity contribution in [2.75, 3.05) is 5.32 Å². The van der Waals surface area contributed by atoms with Crippen LogP contribution in [0.3, 0.4) is 0 Å². The lowest BCUT2D eigenvalue weighted by atomic mass is 9.88. The van der Waals surface area contributed by atoms with E-state index in [0.29, 0.717) is 16.5 Å². The highest BCUT2D eigenvalue weighted by atomic mass is 32.1. The molecule has 3 rings (SSSR count). The van der Waals surface area contributed by atoms with E-state index in [2.05, 4.69) is 17.6 Å². The topological polar surface area (TPSA) is 95.5 Å². The normalized spacial score (nSPS) is 20.6. The average molecular weight is 421 g/mol. The minimum Gasteiger partial charge on any atom is -0.481 e. The van der Waals surface area contributed by atoms with E-state index in [9.17, 15) is 14.4 Å². The van der Waals surface area contributed by atoms with E-state index in [-0.39, 0.29) is 36.6 Å². The predicted molar refractivity (Wildman–Crippen MR) is 115 cm³/mol. The van der Waals surface area contributed by atoms with Crippen LogP contribution in [0.5, 0.6) is 0 Å². The zero-order valence-corrected chi connectivity index (χ0v) is 18.2. The van der Waals surface area contributed by atoms with Crippen molar-refractivity contribution in [1.29, 1.82) is 0 Å². The maximum absolute atomic E-state index is 13.2. The fourth-order valence-electron chi connectivity index (χ4n) is 4.45. The third-order valence-corrected chi connectivity index (χ3v) is 7.16. The van der Waals surface area contributed by atoms with Gasteiger partial charge >= 0.3 is 5.97 Å². The van der Waals surface area contributed by atoms with Gasteiger partial charge in [-0.25, -0.2) is 0 Å². The summed E-state index contributed by atoms with van der Waals surface area (Å²) in [6, 6.07) is 0.216. The molecule has 1 aromatic rings. The van der Waals surface area contributed by atoms with Crippen molar-refractivity contribution in [2.45, 2.75) is 84.1 Å². The van der Waals surface area contributed by atoms with Crippen LogP contribution in [0.1, 0.15) is 86.0 Å². The minimum absolute atomic E-state index is 0.0408. The molecular formula is C22H32N2O4S. The van der Waals surface area contributed by atoms with Gasteiger partial charge in [0, 0.05) is 23.8 Å². The Labute approximate surface area is 176 Å². The standard InChI is InChI=1S/C22H32N2O4S/c1-13-8-9-16-17(10-13)29-22(24-18(25)11-14(2)12-19(26)27)20(16)21(28)23-15-6-4-3-5-7-15/h13-15H,3-12H2,1-2H3,(H,23,28)(H,24,25)(H,26,27)/t13-,14-/m1/s1. The Morgan fingerprint density at radius 1 is 1.14 bits per heavy atom. The molecule has 2 aliphatic rings. The van der Waals surface area contributed by atoms with Crippen LogP contribution < -0.4 is 10.6 Å². The second-order valence-electron chi connectivity index (χ2n) is 8.82. The molecule has 7 heteroatoms. The highest BCUT2D eigenvalue weighted by Gasteiger charge is 2.29. The van der Waals surface area contributed by atoms with E-state index in [0.717, 1.165) is 50.5 Å². The van der Waals surface area contributed by atoms with Crippen LogP contribution in [0.15, 0.2) is 0 Å². The first-order valence-electron chi connectivity index (χ1n) is 10.8. The summed E-state index contributed by atoms with van der Waals surface area (Å²) in [4.78, 5) is 37.7. The van der Waals surface area contributed by atoms with Crippen molar-refractivity contribution in [1.82, 2.24) is 5.32 Å². The fourth-order valence-corrected chi connectivity index (χ4v) is 5.87. The van der Waals surface area contributed by atoms with Gasteiger partial charge in [0.15, 0.2) is 0 Å². The van der Waals surface area contributed by atoms with E-state index in [1.54, 1.807) is 6.92 Å². The van der Waals surface area contributed by atoms with Gasteiger partial charge in [0.2, 0.25) is 5.91 Å². The monoisotopic (exact) mass is 420 g/mol. The average Bonchev–Trinajstić information content (AvgIpc) is 2.98. The number of carbonyl (C=O) groups excluding carboxylic acids is 2. The molecule has 160 valence electrons. The molecule has 1 fully saturated rings. The van der Waals surface area contributed by atoms with Gasteiger partial charge in [-0.3, -0.25) is 14.4 Å². The van der Waals surface area contributed by atoms with Crippen LogP contribution in [0.4, 0.5) is 5.00 Å². The number of hydrogen-bond acceptors (Lipinski definition) is 4. The first-order valence-corrected chi connectivity index (χ1v) is 11.6. The number of carboxylic acid groups (broad SMARTS) is 1. The maximum Gasteiger partial charge on any atom is 0.303 e. The molecule has 0 bridgehead atoms. The lowest BCUT2D eigenvalue weighted by Gasteiger charge is -2.24. The van der Waals surface area contributed by atoms with Gasteiger partial charge in [-0.1, -0.05) is 33.1 Å². The van der Waals surface area contributed by atoms with Gasteiger partial charge in [0.25, 0.3) is 5.91 Å². The summed E-state index contributed by atoms with van der Waals surface area (Å²) in [5.41, 5.74) is 1.73. The Bertz CT molecular complexity index is 767. The molecule has 0 spiro atoms. The van der Waals surface area contributed by atoms with Crippen LogP contribution in [-0.4, -0.2) is 28.9 Å². The molecule has 6 nitrogen and oxygen atoms in total. The summed E-state index contributed by atoms with van der Waals surface area (Å²) in [7, 11) is 0. The third-order valence-electron chi connectivity index (χ3n) is 5.99. The van der Waals surface area contributed by atoms with Crippen molar-refractivity contribution in [3.63, 3.8) is 0 Å². The van der Waals surface area contributed by atoms with Crippen LogP contribution in [-0.2, 0) is 22.4 Å². The summed E-state index contributed by atoms with van der Waals surface area (Å²) in [5, 5.41) is 15.7. The highest BCUT2D eigenvalue weighted by molar-refractivity contribution is 7.17. The molecule has 0 radical (unpaired) electrons. The Morgan fingerprint density at radius 3 is 2.55 bits per heavy atom. The fraction of sp³-hybridized carbons (Fsp3) is 0.682. The number of nitrogens with one attached hydrogen (secondary N) is 2. The lowest BCUT2D eigenvalue weighted by molar-refractivity contribution is -0.138. The maximum atomic E-state index is 13.2. The van der Waals surface area contributed by atoms with Crippen molar-refractivity contribution >= 4 is 34.1 Å². The summed E-state index contributed by atoms with van der Waals surface area (Å²) in [6.07, 6.45) is 8.51. The lowest BCUT2D eigenvalue weighted by Crippen LogP contribution is -2.37. The van der Waals surface area contributed by atoms with Gasteiger partial charge in [0.05, 0.1) is 5.56 Å². The Balaban J connectivity index is 1.77. The Hall–Kier alpha value is -1.89. The molecule has 3 N–H and O–H groups in total. The second kappa shape index (κ2) is 9.74. The van der Waals surface area contributed by atoms with Crippen molar-refractivity contribution in [2.24, 2.45) is 11.8 Å². The Kier molecular flexibility index (Phi) is 7.33. The summed E-state index contributed by atoms with van der Waals surface area (Å²) >= 11 is 1.52. The largest absolute Gasteiger partial charge is 0.481 e. The summed E-state index contributed by atoms with van der Waals surface area (Å²) < 4.78 is 0. The predicted octanol–water partition coefficient (Wildman–Crippen LogP) is 4.37. The van der Waals surface area contributed by atoms with Gasteiger partial charge in [0.1, 0.15) is 5.00 Å². The number of aliphatic carboxylic acids is 1. The van der Waals surface area contributed by atoms with Gasteiger partial charge in [-0.05, 0) is 49.5 Å². The molecule has 0 aliphatic heterocycles. The van der Waals surface area contributed by atoms with Crippen LogP contribution in [0, 0.1) is 11.8 Å². The first-order chi connectivity index (χ1) is 13.8. The summed E-state index contributed by atoms with van der Waals surface area (Å²) in [5.74, 6) is -0.871. The molecule has 1 aromatic heterocycles. The van der Waals surface area contributed by atoms with E-state index >= 15 is 0 Å². The number of thiophene rings is 1. The van der Waals surface area contributed by atoms with Crippen molar-refractivity contribution in [3.8, 4) is 0 Å². The van der Waals surface area contributed by atoms with Crippen LogP contribution in [0.25, 0.3) is 0 Å². The molecule has 1 saturated carbocycles. The summed E-state index contributed by atoms with van der Waals surface area (Å²) in [6.45, 7) is 3.97. The molecule has 1 heterocycles. The van der Waals surface area contributed by atoms with Gasteiger partial charge in [-0.15, -0.1) is 11.3 Å². The smallest absolute Gasteiger partial charge is 0.303 e. The number of carbonyl (C=O) groups is 3. The van der Waals surface area contributed by atoms with Crippen LogP contribution >= 0.6 is 11.3 Å². The van der Waals surface area contributed by atoms with E-state index in [1.165, 1.54) is 22.6 Å². The number of rotatable bonds is 7. The first kappa shape index (κ1) is 21.8. The SMILES string of the molecule is C[C@@H]1CCc2c(sc(NC(=O)C[C@@H](C)CC(=O)O)c2C(=O)NC2CCCCC2)C1. The van der Waals surface area contributed by atoms with Gasteiger partial charge in [-0.2, -0.15) is 0 Å². The molecular weight excluding hydrogens is 388 g/mol. The number of amides is 2. The molecule has 29 heavy (non-hydrogen) atoms. The highest BCUT2D eigenvalue weighted by Crippen LogP contribution is 2.40. The molecule has 0 unspecified atom stereocenters. The zero-order valence-electron chi connectivity index (χ0n) is 17.4. The van der Waals surface area contributed by atoms with E-state index in [1.807, 2.05) is 0 Å². The van der Waals surface area contributed by atoms with Crippen molar-refractivity contribution < 1.29 is 19.5 Å². The Morgan fingerprint density at radius 2 is 1.86 bits per heavy atom. The van der Waals surface area contributed by atoms with E-state index in [4.69, 9.17) is 5.11 Å². The molecule has 0 saturated heterocycles.